The van der Waals surface area contributed by atoms with Gasteiger partial charge in [-0.1, -0.05) is 19.1 Å². The van der Waals surface area contributed by atoms with Crippen molar-refractivity contribution in [2.75, 3.05) is 45.9 Å². The maximum atomic E-state index is 13.0. The van der Waals surface area contributed by atoms with Crippen molar-refractivity contribution in [2.45, 2.75) is 25.7 Å². The van der Waals surface area contributed by atoms with Gasteiger partial charge in [-0.25, -0.2) is 4.98 Å². The lowest BCUT2D eigenvalue weighted by molar-refractivity contribution is -0.137. The molecule has 28 heavy (non-hydrogen) atoms. The molecule has 2 unspecified atom stereocenters. The predicted molar refractivity (Wildman–Crippen MR) is 107 cm³/mol. The van der Waals surface area contributed by atoms with Gasteiger partial charge in [0.05, 0.1) is 24.1 Å². The first-order chi connectivity index (χ1) is 13.6. The highest BCUT2D eigenvalue weighted by molar-refractivity contribution is 5.79. The van der Waals surface area contributed by atoms with E-state index in [4.69, 9.17) is 4.74 Å². The van der Waals surface area contributed by atoms with Crippen LogP contribution in [0, 0.1) is 5.92 Å². The van der Waals surface area contributed by atoms with Crippen molar-refractivity contribution in [1.82, 2.24) is 19.8 Å². The lowest BCUT2D eigenvalue weighted by Crippen LogP contribution is -2.46. The van der Waals surface area contributed by atoms with Crippen LogP contribution in [0.5, 0.6) is 0 Å². The Balaban J connectivity index is 1.45. The Kier molecular flexibility index (Phi) is 5.73. The van der Waals surface area contributed by atoms with Gasteiger partial charge in [0.1, 0.15) is 5.82 Å². The number of piperidine rings is 1. The number of carbonyl (C=O) groups excluding carboxylic acids is 1. The first-order valence-electron chi connectivity index (χ1n) is 10.2. The molecule has 0 spiro atoms. The molecule has 3 heterocycles. The first-order valence-corrected chi connectivity index (χ1v) is 10.2. The molecule has 4 rings (SSSR count). The van der Waals surface area contributed by atoms with Gasteiger partial charge in [-0.15, -0.1) is 0 Å². The Morgan fingerprint density at radius 2 is 2.07 bits per heavy atom. The van der Waals surface area contributed by atoms with Crippen molar-refractivity contribution in [3.8, 4) is 0 Å². The molecule has 2 atom stereocenters. The molecule has 2 aliphatic heterocycles. The van der Waals surface area contributed by atoms with Gasteiger partial charge >= 0.3 is 0 Å². The van der Waals surface area contributed by atoms with E-state index >= 15 is 0 Å². The van der Waals surface area contributed by atoms with Crippen LogP contribution in [0.4, 0.5) is 0 Å². The number of para-hydroxylation sites is 1. The molecule has 2 aromatic rings. The normalized spacial score (nSPS) is 22.3. The van der Waals surface area contributed by atoms with Gasteiger partial charge in [-0.05, 0) is 25.0 Å². The summed E-state index contributed by atoms with van der Waals surface area (Å²) >= 11 is 0. The van der Waals surface area contributed by atoms with E-state index < -0.39 is 0 Å². The second-order valence-corrected chi connectivity index (χ2v) is 7.91. The van der Waals surface area contributed by atoms with E-state index in [1.807, 2.05) is 30.0 Å². The van der Waals surface area contributed by atoms with Gasteiger partial charge in [-0.2, -0.15) is 0 Å². The highest BCUT2D eigenvalue weighted by Gasteiger charge is 2.30. The predicted octanol–water partition coefficient (Wildman–Crippen LogP) is 1.60. The zero-order valence-corrected chi connectivity index (χ0v) is 16.4. The summed E-state index contributed by atoms with van der Waals surface area (Å²) < 4.78 is 5.39. The van der Waals surface area contributed by atoms with Crippen LogP contribution in [-0.2, 0) is 9.53 Å². The van der Waals surface area contributed by atoms with Gasteiger partial charge in [0.25, 0.3) is 5.56 Å². The summed E-state index contributed by atoms with van der Waals surface area (Å²) in [6, 6.07) is 7.39. The maximum Gasteiger partial charge on any atom is 0.258 e. The van der Waals surface area contributed by atoms with Gasteiger partial charge in [0.15, 0.2) is 0 Å². The second kappa shape index (κ2) is 8.41. The Hall–Kier alpha value is -2.25. The van der Waals surface area contributed by atoms with Crippen molar-refractivity contribution in [3.63, 3.8) is 0 Å². The Bertz CT molecular complexity index is 891. The number of amides is 1. The fourth-order valence-corrected chi connectivity index (χ4v) is 4.26. The number of carbonyl (C=O) groups is 1. The third-order valence-corrected chi connectivity index (χ3v) is 5.81. The molecule has 0 aliphatic carbocycles. The maximum absolute atomic E-state index is 13.0. The quantitative estimate of drug-likeness (QED) is 0.866. The van der Waals surface area contributed by atoms with E-state index in [2.05, 4.69) is 14.9 Å². The summed E-state index contributed by atoms with van der Waals surface area (Å²) in [6.45, 7) is 7.45. The Morgan fingerprint density at radius 3 is 2.89 bits per heavy atom. The number of benzene rings is 1. The highest BCUT2D eigenvalue weighted by atomic mass is 16.5. The standard InChI is InChI=1S/C21H28N4O3/c1-15(13-24-9-11-28-12-10-24)21(27)25-8-4-5-16(14-25)19-22-18-7-3-2-6-17(18)20(26)23-19/h2-3,6-7,15-16H,4-5,8-14H2,1H3,(H,22,23,26). The molecule has 2 saturated heterocycles. The van der Waals surface area contributed by atoms with E-state index in [1.165, 1.54) is 0 Å². The van der Waals surface area contributed by atoms with E-state index in [-0.39, 0.29) is 23.3 Å². The van der Waals surface area contributed by atoms with Crippen LogP contribution in [0.1, 0.15) is 31.5 Å². The molecule has 7 heteroatoms. The molecule has 1 N–H and O–H groups in total. The summed E-state index contributed by atoms with van der Waals surface area (Å²) in [7, 11) is 0. The summed E-state index contributed by atoms with van der Waals surface area (Å²) in [5, 5.41) is 0.606. The van der Waals surface area contributed by atoms with E-state index in [0.29, 0.717) is 23.3 Å². The Morgan fingerprint density at radius 1 is 1.29 bits per heavy atom. The number of nitrogens with one attached hydrogen (secondary N) is 1. The molecule has 1 amide bonds. The summed E-state index contributed by atoms with van der Waals surface area (Å²) in [5.41, 5.74) is 0.607. The lowest BCUT2D eigenvalue weighted by atomic mass is 9.95. The Labute approximate surface area is 164 Å². The zero-order chi connectivity index (χ0) is 19.5. The number of fused-ring (bicyclic) bond motifs is 1. The fourth-order valence-electron chi connectivity index (χ4n) is 4.26. The van der Waals surface area contributed by atoms with Crippen molar-refractivity contribution in [1.29, 1.82) is 0 Å². The number of hydrogen-bond donors (Lipinski definition) is 1. The van der Waals surface area contributed by atoms with Gasteiger partial charge in [0.2, 0.25) is 5.91 Å². The van der Waals surface area contributed by atoms with Crippen molar-refractivity contribution >= 4 is 16.8 Å². The van der Waals surface area contributed by atoms with Crippen LogP contribution < -0.4 is 5.56 Å². The van der Waals surface area contributed by atoms with E-state index in [1.54, 1.807) is 6.07 Å². The van der Waals surface area contributed by atoms with Crippen LogP contribution in [0.2, 0.25) is 0 Å². The molecular weight excluding hydrogens is 356 g/mol. The number of H-pyrrole nitrogens is 1. The molecule has 150 valence electrons. The fraction of sp³-hybridized carbons (Fsp3) is 0.571. The SMILES string of the molecule is CC(CN1CCOCC1)C(=O)N1CCCC(c2nc3ccccc3c(=O)[nH]2)C1. The monoisotopic (exact) mass is 384 g/mol. The van der Waals surface area contributed by atoms with Crippen LogP contribution in [0.15, 0.2) is 29.1 Å². The van der Waals surface area contributed by atoms with E-state index in [9.17, 15) is 9.59 Å². The van der Waals surface area contributed by atoms with E-state index in [0.717, 1.165) is 52.2 Å². The number of hydrogen-bond acceptors (Lipinski definition) is 5. The van der Waals surface area contributed by atoms with Crippen LogP contribution >= 0.6 is 0 Å². The molecular formula is C21H28N4O3. The number of likely N-dealkylation sites (tertiary alicyclic amines) is 1. The minimum absolute atomic E-state index is 0.0412. The van der Waals surface area contributed by atoms with Gasteiger partial charge < -0.3 is 14.6 Å². The molecule has 2 fully saturated rings. The van der Waals surface area contributed by atoms with Crippen molar-refractivity contribution in [3.05, 3.63) is 40.4 Å². The number of aromatic nitrogens is 2. The smallest absolute Gasteiger partial charge is 0.258 e. The molecule has 0 saturated carbocycles. The molecule has 0 radical (unpaired) electrons. The van der Waals surface area contributed by atoms with Crippen molar-refractivity contribution < 1.29 is 9.53 Å². The highest BCUT2D eigenvalue weighted by Crippen LogP contribution is 2.26. The minimum atomic E-state index is -0.107. The van der Waals surface area contributed by atoms with Crippen LogP contribution in [-0.4, -0.2) is 71.6 Å². The first kappa shape index (κ1) is 19.1. The average Bonchev–Trinajstić information content (AvgIpc) is 2.74. The number of morpholine rings is 1. The third-order valence-electron chi connectivity index (χ3n) is 5.81. The number of ether oxygens (including phenoxy) is 1. The largest absolute Gasteiger partial charge is 0.379 e. The summed E-state index contributed by atoms with van der Waals surface area (Å²) in [4.78, 5) is 37.3. The van der Waals surface area contributed by atoms with Crippen LogP contribution in [0.3, 0.4) is 0 Å². The number of aromatic amines is 1. The number of nitrogens with zero attached hydrogens (tertiary/aromatic N) is 3. The second-order valence-electron chi connectivity index (χ2n) is 7.91. The summed E-state index contributed by atoms with van der Waals surface area (Å²) in [6.07, 6.45) is 1.86. The molecule has 1 aromatic carbocycles. The molecule has 1 aromatic heterocycles. The zero-order valence-electron chi connectivity index (χ0n) is 16.4. The van der Waals surface area contributed by atoms with Gasteiger partial charge in [0, 0.05) is 44.6 Å². The number of rotatable bonds is 4. The molecule has 0 bridgehead atoms. The summed E-state index contributed by atoms with van der Waals surface area (Å²) in [5.74, 6) is 0.924. The van der Waals surface area contributed by atoms with Crippen LogP contribution in [0.25, 0.3) is 10.9 Å². The molecule has 7 nitrogen and oxygen atoms in total. The lowest BCUT2D eigenvalue weighted by Gasteiger charge is -2.35. The van der Waals surface area contributed by atoms with Crippen molar-refractivity contribution in [2.24, 2.45) is 5.92 Å². The average molecular weight is 384 g/mol. The molecule has 2 aliphatic rings. The topological polar surface area (TPSA) is 78.5 Å². The van der Waals surface area contributed by atoms with Gasteiger partial charge in [-0.3, -0.25) is 14.5 Å². The minimum Gasteiger partial charge on any atom is -0.379 e. The third kappa shape index (κ3) is 4.10.